The topological polar surface area (TPSA) is 43.6 Å². The van der Waals surface area contributed by atoms with Crippen molar-refractivity contribution in [2.45, 2.75) is 64.8 Å². The number of aromatic nitrogens is 4. The summed E-state index contributed by atoms with van der Waals surface area (Å²) < 4.78 is 2.90. The van der Waals surface area contributed by atoms with Crippen molar-refractivity contribution in [1.82, 2.24) is 20.0 Å². The molecule has 0 bridgehead atoms. The van der Waals surface area contributed by atoms with Crippen LogP contribution in [0, 0.1) is 0 Å². The zero-order valence-electron chi connectivity index (χ0n) is 13.3. The minimum absolute atomic E-state index is 0.840. The van der Waals surface area contributed by atoms with Crippen LogP contribution in [-0.2, 0) is 6.54 Å². The summed E-state index contributed by atoms with van der Waals surface area (Å²) in [4.78, 5) is 4.34. The summed E-state index contributed by atoms with van der Waals surface area (Å²) >= 11 is 3.39. The van der Waals surface area contributed by atoms with Crippen LogP contribution in [0.2, 0.25) is 0 Å². The van der Waals surface area contributed by atoms with Gasteiger partial charge in [-0.3, -0.25) is 9.67 Å². The van der Waals surface area contributed by atoms with Crippen molar-refractivity contribution >= 4 is 15.9 Å². The third kappa shape index (κ3) is 5.87. The Bertz CT molecular complexity index is 536. The molecular weight excluding hydrogens is 340 g/mol. The van der Waals surface area contributed by atoms with E-state index in [1.807, 2.05) is 23.0 Å². The lowest BCUT2D eigenvalue weighted by molar-refractivity contribution is 0.511. The molecule has 0 aromatic carbocycles. The van der Waals surface area contributed by atoms with Crippen LogP contribution in [0.5, 0.6) is 0 Å². The Morgan fingerprint density at radius 3 is 2.36 bits per heavy atom. The molecule has 0 atom stereocenters. The zero-order valence-corrected chi connectivity index (χ0v) is 14.9. The SMILES string of the molecule is CCCCCCCCCCn1cc(-c2ccc(Br)cn2)nn1. The summed E-state index contributed by atoms with van der Waals surface area (Å²) in [6.45, 7) is 3.20. The van der Waals surface area contributed by atoms with Crippen LogP contribution in [0.3, 0.4) is 0 Å². The second kappa shape index (κ2) is 9.72. The van der Waals surface area contributed by atoms with E-state index in [0.29, 0.717) is 0 Å². The molecule has 0 saturated carbocycles. The van der Waals surface area contributed by atoms with Crippen molar-refractivity contribution in [3.05, 3.63) is 29.0 Å². The Labute approximate surface area is 141 Å². The standard InChI is InChI=1S/C17H25BrN4/c1-2-3-4-5-6-7-8-9-12-22-14-17(20-21-22)16-11-10-15(18)13-19-16/h10-11,13-14H,2-9,12H2,1H3. The minimum Gasteiger partial charge on any atom is -0.253 e. The summed E-state index contributed by atoms with van der Waals surface area (Å²) in [5.41, 5.74) is 1.71. The lowest BCUT2D eigenvalue weighted by atomic mass is 10.1. The highest BCUT2D eigenvalue weighted by atomic mass is 79.9. The average Bonchev–Trinajstić information content (AvgIpc) is 2.99. The number of rotatable bonds is 10. The molecule has 2 heterocycles. The molecule has 0 spiro atoms. The highest BCUT2D eigenvalue weighted by Gasteiger charge is 2.04. The molecule has 5 heteroatoms. The normalized spacial score (nSPS) is 11.0. The van der Waals surface area contributed by atoms with Crippen LogP contribution >= 0.6 is 15.9 Å². The first kappa shape index (κ1) is 17.1. The van der Waals surface area contributed by atoms with Gasteiger partial charge in [0, 0.05) is 17.2 Å². The fourth-order valence-electron chi connectivity index (χ4n) is 2.46. The number of hydrogen-bond acceptors (Lipinski definition) is 3. The van der Waals surface area contributed by atoms with Gasteiger partial charge in [0.05, 0.1) is 11.9 Å². The van der Waals surface area contributed by atoms with Gasteiger partial charge in [-0.2, -0.15) is 0 Å². The van der Waals surface area contributed by atoms with Crippen LogP contribution in [0.1, 0.15) is 58.3 Å². The lowest BCUT2D eigenvalue weighted by Crippen LogP contribution is -1.98. The third-order valence-electron chi connectivity index (χ3n) is 3.77. The molecule has 4 nitrogen and oxygen atoms in total. The number of pyridine rings is 1. The molecule has 0 aliphatic heterocycles. The second-order valence-corrected chi connectivity index (χ2v) is 6.62. The molecule has 2 aromatic rings. The van der Waals surface area contributed by atoms with E-state index in [1.54, 1.807) is 6.20 Å². The molecule has 0 aliphatic rings. The van der Waals surface area contributed by atoms with E-state index >= 15 is 0 Å². The van der Waals surface area contributed by atoms with E-state index < -0.39 is 0 Å². The van der Waals surface area contributed by atoms with Crippen molar-refractivity contribution in [3.8, 4) is 11.4 Å². The number of halogens is 1. The summed E-state index contributed by atoms with van der Waals surface area (Å²) in [6.07, 6.45) is 14.4. The van der Waals surface area contributed by atoms with Crippen molar-refractivity contribution in [3.63, 3.8) is 0 Å². The van der Waals surface area contributed by atoms with Crippen molar-refractivity contribution in [2.75, 3.05) is 0 Å². The highest BCUT2D eigenvalue weighted by Crippen LogP contribution is 2.16. The fraction of sp³-hybridized carbons (Fsp3) is 0.588. The zero-order chi connectivity index (χ0) is 15.6. The summed E-state index contributed by atoms with van der Waals surface area (Å²) in [7, 11) is 0. The Kier molecular flexibility index (Phi) is 7.57. The maximum absolute atomic E-state index is 4.34. The quantitative estimate of drug-likeness (QED) is 0.541. The maximum Gasteiger partial charge on any atom is 0.131 e. The van der Waals surface area contributed by atoms with Gasteiger partial charge in [0.1, 0.15) is 5.69 Å². The number of aryl methyl sites for hydroxylation is 1. The van der Waals surface area contributed by atoms with Crippen LogP contribution in [-0.4, -0.2) is 20.0 Å². The van der Waals surface area contributed by atoms with Crippen LogP contribution in [0.4, 0.5) is 0 Å². The van der Waals surface area contributed by atoms with Gasteiger partial charge in [0.25, 0.3) is 0 Å². The second-order valence-electron chi connectivity index (χ2n) is 5.70. The van der Waals surface area contributed by atoms with Crippen molar-refractivity contribution in [2.24, 2.45) is 0 Å². The lowest BCUT2D eigenvalue weighted by Gasteiger charge is -2.01. The molecular formula is C17H25BrN4. The smallest absolute Gasteiger partial charge is 0.131 e. The van der Waals surface area contributed by atoms with Gasteiger partial charge < -0.3 is 0 Å². The predicted molar refractivity (Wildman–Crippen MR) is 93.6 cm³/mol. The molecule has 0 amide bonds. The van der Waals surface area contributed by atoms with Gasteiger partial charge >= 0.3 is 0 Å². The average molecular weight is 365 g/mol. The number of hydrogen-bond donors (Lipinski definition) is 0. The third-order valence-corrected chi connectivity index (χ3v) is 4.24. The molecule has 0 fully saturated rings. The number of unbranched alkanes of at least 4 members (excludes halogenated alkanes) is 7. The molecule has 120 valence electrons. The highest BCUT2D eigenvalue weighted by molar-refractivity contribution is 9.10. The summed E-state index contributed by atoms with van der Waals surface area (Å²) in [5, 5.41) is 8.39. The molecule has 22 heavy (non-hydrogen) atoms. The maximum atomic E-state index is 4.34. The van der Waals surface area contributed by atoms with Crippen molar-refractivity contribution in [1.29, 1.82) is 0 Å². The van der Waals surface area contributed by atoms with Gasteiger partial charge in [-0.15, -0.1) is 5.10 Å². The molecule has 0 saturated heterocycles. The Morgan fingerprint density at radius 1 is 0.955 bits per heavy atom. The van der Waals surface area contributed by atoms with Crippen LogP contribution < -0.4 is 0 Å². The predicted octanol–water partition coefficient (Wildman–Crippen LogP) is 5.24. The van der Waals surface area contributed by atoms with E-state index in [9.17, 15) is 0 Å². The van der Waals surface area contributed by atoms with Gasteiger partial charge in [0.15, 0.2) is 0 Å². The molecule has 0 N–H and O–H groups in total. The van der Waals surface area contributed by atoms with Gasteiger partial charge in [-0.25, -0.2) is 0 Å². The molecule has 0 radical (unpaired) electrons. The Morgan fingerprint density at radius 2 is 1.68 bits per heavy atom. The fourth-order valence-corrected chi connectivity index (χ4v) is 2.69. The first-order chi connectivity index (χ1) is 10.8. The molecule has 0 aliphatic carbocycles. The Hall–Kier alpha value is -1.23. The first-order valence-corrected chi connectivity index (χ1v) is 9.11. The monoisotopic (exact) mass is 364 g/mol. The Balaban J connectivity index is 1.66. The first-order valence-electron chi connectivity index (χ1n) is 8.31. The van der Waals surface area contributed by atoms with E-state index in [4.69, 9.17) is 0 Å². The minimum atomic E-state index is 0.840. The largest absolute Gasteiger partial charge is 0.253 e. The van der Waals surface area contributed by atoms with Crippen molar-refractivity contribution < 1.29 is 0 Å². The van der Waals surface area contributed by atoms with Gasteiger partial charge in [0.2, 0.25) is 0 Å². The number of nitrogens with zero attached hydrogens (tertiary/aromatic N) is 4. The molecule has 0 unspecified atom stereocenters. The molecule has 2 aromatic heterocycles. The van der Waals surface area contributed by atoms with Crippen LogP contribution in [0.25, 0.3) is 11.4 Å². The van der Waals surface area contributed by atoms with E-state index in [2.05, 4.69) is 38.1 Å². The van der Waals surface area contributed by atoms with E-state index in [1.165, 1.54) is 51.4 Å². The van der Waals surface area contributed by atoms with E-state index in [-0.39, 0.29) is 0 Å². The van der Waals surface area contributed by atoms with Gasteiger partial charge in [-0.05, 0) is 34.5 Å². The summed E-state index contributed by atoms with van der Waals surface area (Å²) in [5.74, 6) is 0. The summed E-state index contributed by atoms with van der Waals surface area (Å²) in [6, 6.07) is 3.93. The van der Waals surface area contributed by atoms with Crippen LogP contribution in [0.15, 0.2) is 29.0 Å². The molecule has 2 rings (SSSR count). The van der Waals surface area contributed by atoms with E-state index in [0.717, 1.165) is 22.4 Å². The van der Waals surface area contributed by atoms with Gasteiger partial charge in [-0.1, -0.05) is 57.1 Å².